The standard InChI is InChI=1S/C28H30N5O6PS2/c29-25-24-26(31-18-30-25)33(19-32-24)22-11-12-23(17-22)39-40(36,37-13-15-41-27(34)20-7-3-1-4-8-20)38-14-16-42-28(35)21-9-5-2-6-10-21/h1-10,18-19,22-23H,11-17H2,(H2,29,30,31). The van der Waals surface area contributed by atoms with Gasteiger partial charge in [-0.2, -0.15) is 0 Å². The summed E-state index contributed by atoms with van der Waals surface area (Å²) >= 11 is 2.13. The highest BCUT2D eigenvalue weighted by atomic mass is 32.2. The van der Waals surface area contributed by atoms with E-state index in [-0.39, 0.29) is 41.0 Å². The van der Waals surface area contributed by atoms with Crippen LogP contribution in [0.5, 0.6) is 0 Å². The Bertz CT molecular complexity index is 1490. The van der Waals surface area contributed by atoms with Crippen molar-refractivity contribution >= 4 is 58.6 Å². The number of phosphoric acid groups is 1. The summed E-state index contributed by atoms with van der Waals surface area (Å²) < 4.78 is 33.0. The van der Waals surface area contributed by atoms with Gasteiger partial charge in [0.2, 0.25) is 10.2 Å². The van der Waals surface area contributed by atoms with E-state index < -0.39 is 13.9 Å². The summed E-state index contributed by atoms with van der Waals surface area (Å²) in [6.07, 6.45) is 4.56. The van der Waals surface area contributed by atoms with Crippen LogP contribution in [-0.2, 0) is 18.1 Å². The van der Waals surface area contributed by atoms with E-state index in [1.54, 1.807) is 54.9 Å². The van der Waals surface area contributed by atoms with E-state index in [2.05, 4.69) is 15.0 Å². The molecule has 2 aromatic carbocycles. The molecule has 14 heteroatoms. The molecule has 2 unspecified atom stereocenters. The number of imidazole rings is 1. The number of phosphoric ester groups is 1. The average molecular weight is 628 g/mol. The number of benzene rings is 2. The normalized spacial score (nSPS) is 17.0. The molecule has 5 rings (SSSR count). The molecule has 1 fully saturated rings. The number of hydrogen-bond donors (Lipinski definition) is 1. The van der Waals surface area contributed by atoms with Crippen LogP contribution in [0, 0.1) is 0 Å². The van der Waals surface area contributed by atoms with Crippen LogP contribution in [0.4, 0.5) is 5.82 Å². The van der Waals surface area contributed by atoms with Gasteiger partial charge in [-0.05, 0) is 19.3 Å². The molecule has 2 aromatic heterocycles. The fourth-order valence-electron chi connectivity index (χ4n) is 4.57. The van der Waals surface area contributed by atoms with Crippen molar-refractivity contribution in [1.29, 1.82) is 0 Å². The van der Waals surface area contributed by atoms with E-state index >= 15 is 0 Å². The van der Waals surface area contributed by atoms with Crippen LogP contribution >= 0.6 is 31.3 Å². The Morgan fingerprint density at radius 1 is 0.881 bits per heavy atom. The number of aromatic nitrogens is 4. The van der Waals surface area contributed by atoms with Crippen molar-refractivity contribution in [3.05, 3.63) is 84.4 Å². The highest BCUT2D eigenvalue weighted by Crippen LogP contribution is 2.53. The molecular weight excluding hydrogens is 597 g/mol. The summed E-state index contributed by atoms with van der Waals surface area (Å²) in [5.74, 6) is 0.838. The molecule has 0 spiro atoms. The first-order valence-corrected chi connectivity index (χ1v) is 16.8. The van der Waals surface area contributed by atoms with Gasteiger partial charge in [0, 0.05) is 28.7 Å². The first-order valence-electron chi connectivity index (χ1n) is 13.4. The number of nitrogen functional groups attached to an aromatic ring is 1. The van der Waals surface area contributed by atoms with E-state index in [4.69, 9.17) is 19.3 Å². The SMILES string of the molecule is Nc1ncnc2c1ncn2C1CCC(OP(=O)(OCCSC(=O)c2ccccc2)OCCSC(=O)c2ccccc2)C1. The van der Waals surface area contributed by atoms with Crippen molar-refractivity contribution in [3.8, 4) is 0 Å². The topological polar surface area (TPSA) is 149 Å². The molecule has 0 radical (unpaired) electrons. The Kier molecular flexibility index (Phi) is 10.4. The molecule has 2 atom stereocenters. The zero-order valence-electron chi connectivity index (χ0n) is 22.6. The summed E-state index contributed by atoms with van der Waals surface area (Å²) in [5, 5.41) is -0.218. The lowest BCUT2D eigenvalue weighted by Gasteiger charge is -2.22. The number of anilines is 1. The largest absolute Gasteiger partial charge is 0.475 e. The number of thioether (sulfide) groups is 2. The predicted octanol–water partition coefficient (Wildman–Crippen LogP) is 5.81. The van der Waals surface area contributed by atoms with Crippen molar-refractivity contribution in [3.63, 3.8) is 0 Å². The summed E-state index contributed by atoms with van der Waals surface area (Å²) in [6, 6.07) is 17.8. The van der Waals surface area contributed by atoms with Crippen LogP contribution in [0.15, 0.2) is 73.3 Å². The highest BCUT2D eigenvalue weighted by Gasteiger charge is 2.36. The third-order valence-electron chi connectivity index (χ3n) is 6.57. The van der Waals surface area contributed by atoms with Crippen LogP contribution in [-0.4, -0.2) is 60.6 Å². The molecule has 11 nitrogen and oxygen atoms in total. The minimum atomic E-state index is -4.01. The van der Waals surface area contributed by atoms with Gasteiger partial charge in [-0.3, -0.25) is 23.2 Å². The number of nitrogens with zero attached hydrogens (tertiary/aromatic N) is 4. The second-order valence-electron chi connectivity index (χ2n) is 9.39. The fourth-order valence-corrected chi connectivity index (χ4v) is 7.51. The molecule has 0 aliphatic heterocycles. The van der Waals surface area contributed by atoms with Crippen molar-refractivity contribution in [1.82, 2.24) is 19.5 Å². The molecular formula is C28H30N5O6PS2. The Hall–Kier alpha value is -3.06. The first-order chi connectivity index (χ1) is 20.4. The Labute approximate surface area is 251 Å². The van der Waals surface area contributed by atoms with Crippen LogP contribution in [0.25, 0.3) is 11.2 Å². The van der Waals surface area contributed by atoms with Crippen molar-refractivity contribution < 1.29 is 27.7 Å². The zero-order chi connectivity index (χ0) is 29.4. The zero-order valence-corrected chi connectivity index (χ0v) is 25.1. The van der Waals surface area contributed by atoms with E-state index in [0.29, 0.717) is 41.0 Å². The first kappa shape index (κ1) is 30.4. The van der Waals surface area contributed by atoms with Gasteiger partial charge in [-0.25, -0.2) is 19.5 Å². The number of hydrogen-bond acceptors (Lipinski definition) is 12. The predicted molar refractivity (Wildman–Crippen MR) is 163 cm³/mol. The van der Waals surface area contributed by atoms with Gasteiger partial charge in [0.25, 0.3) is 0 Å². The lowest BCUT2D eigenvalue weighted by atomic mass is 10.2. The maximum absolute atomic E-state index is 13.7. The van der Waals surface area contributed by atoms with E-state index in [9.17, 15) is 14.2 Å². The second-order valence-corrected chi connectivity index (χ2v) is 13.2. The average Bonchev–Trinajstić information content (AvgIpc) is 3.66. The summed E-state index contributed by atoms with van der Waals surface area (Å²) in [5.41, 5.74) is 8.25. The van der Waals surface area contributed by atoms with Crippen molar-refractivity contribution in [2.75, 3.05) is 30.5 Å². The number of carbonyl (C=O) groups is 2. The molecule has 2 heterocycles. The molecule has 4 aromatic rings. The van der Waals surface area contributed by atoms with Crippen molar-refractivity contribution in [2.45, 2.75) is 31.4 Å². The minimum absolute atomic E-state index is 0.000786. The van der Waals surface area contributed by atoms with E-state index in [0.717, 1.165) is 29.9 Å². The van der Waals surface area contributed by atoms with E-state index in [1.807, 2.05) is 16.7 Å². The molecule has 0 saturated heterocycles. The molecule has 1 aliphatic rings. The Morgan fingerprint density at radius 2 is 1.48 bits per heavy atom. The lowest BCUT2D eigenvalue weighted by molar-refractivity contribution is 0.0856. The third-order valence-corrected chi connectivity index (χ3v) is 9.86. The van der Waals surface area contributed by atoms with Gasteiger partial charge in [0.15, 0.2) is 11.5 Å². The van der Waals surface area contributed by atoms with Crippen LogP contribution in [0.3, 0.4) is 0 Å². The van der Waals surface area contributed by atoms with Gasteiger partial charge in [0.1, 0.15) is 11.8 Å². The minimum Gasteiger partial charge on any atom is -0.382 e. The lowest BCUT2D eigenvalue weighted by Crippen LogP contribution is -2.14. The van der Waals surface area contributed by atoms with Gasteiger partial charge in [-0.15, -0.1) is 0 Å². The number of rotatable bonds is 13. The number of fused-ring (bicyclic) bond motifs is 1. The monoisotopic (exact) mass is 627 g/mol. The summed E-state index contributed by atoms with van der Waals surface area (Å²) in [6.45, 7) is -0.0375. The highest BCUT2D eigenvalue weighted by molar-refractivity contribution is 8.14. The van der Waals surface area contributed by atoms with Gasteiger partial charge in [0.05, 0.1) is 25.6 Å². The van der Waals surface area contributed by atoms with Gasteiger partial charge in [-0.1, -0.05) is 84.2 Å². The Balaban J connectivity index is 1.18. The van der Waals surface area contributed by atoms with E-state index in [1.165, 1.54) is 6.33 Å². The quantitative estimate of drug-likeness (QED) is 0.141. The number of nitrogens with two attached hydrogens (primary N) is 1. The van der Waals surface area contributed by atoms with Crippen LogP contribution in [0.1, 0.15) is 46.0 Å². The van der Waals surface area contributed by atoms with Gasteiger partial charge >= 0.3 is 7.82 Å². The Morgan fingerprint density at radius 3 is 2.07 bits per heavy atom. The molecule has 0 amide bonds. The molecule has 2 N–H and O–H groups in total. The molecule has 1 saturated carbocycles. The molecule has 0 bridgehead atoms. The van der Waals surface area contributed by atoms with Crippen molar-refractivity contribution in [2.24, 2.45) is 0 Å². The number of carbonyl (C=O) groups excluding carboxylic acids is 2. The third kappa shape index (κ3) is 7.85. The molecule has 1 aliphatic carbocycles. The van der Waals surface area contributed by atoms with Crippen LogP contribution in [0.2, 0.25) is 0 Å². The molecule has 42 heavy (non-hydrogen) atoms. The summed E-state index contributed by atoms with van der Waals surface area (Å²) in [4.78, 5) is 37.5. The summed E-state index contributed by atoms with van der Waals surface area (Å²) in [7, 11) is -4.01. The van der Waals surface area contributed by atoms with Crippen LogP contribution < -0.4 is 5.73 Å². The molecule has 220 valence electrons. The van der Waals surface area contributed by atoms with Gasteiger partial charge < -0.3 is 10.3 Å². The second kappa shape index (κ2) is 14.4. The smallest absolute Gasteiger partial charge is 0.382 e. The maximum Gasteiger partial charge on any atom is 0.475 e. The maximum atomic E-state index is 13.7. The fraction of sp³-hybridized carbons (Fsp3) is 0.321.